The molecule has 7 atom stereocenters. The molecule has 0 radical (unpaired) electrons. The Kier molecular flexibility index (Phi) is 9.10. The minimum Gasteiger partial charge on any atom is -0.632 e. The second kappa shape index (κ2) is 12.8. The summed E-state index contributed by atoms with van der Waals surface area (Å²) in [5.74, 6) is 1.84. The Balaban J connectivity index is 1.35. The Morgan fingerprint density at radius 2 is 1.27 bits per heavy atom. The van der Waals surface area contributed by atoms with Crippen molar-refractivity contribution in [2.45, 2.75) is 73.7 Å². The molecule has 3 saturated heterocycles. The number of ether oxygens (including phenoxy) is 3. The van der Waals surface area contributed by atoms with E-state index < -0.39 is 45.2 Å². The predicted octanol–water partition coefficient (Wildman–Crippen LogP) is 5.77. The quantitative estimate of drug-likeness (QED) is 0.236. The summed E-state index contributed by atoms with van der Waals surface area (Å²) in [6, 6.07) is 28.6. The zero-order chi connectivity index (χ0) is 28.3. The number of nitrogens with zero attached hydrogens (tertiary/aromatic N) is 1. The van der Waals surface area contributed by atoms with Gasteiger partial charge in [-0.15, -0.1) is 23.5 Å². The van der Waals surface area contributed by atoms with Crippen LogP contribution < -0.4 is 0 Å². The lowest BCUT2D eigenvalue weighted by molar-refractivity contribution is -0.929. The summed E-state index contributed by atoms with van der Waals surface area (Å²) in [4.78, 5) is 0. The molecule has 1 spiro atoms. The molecule has 3 aliphatic rings. The molecule has 6 rings (SSSR count). The fourth-order valence-electron chi connectivity index (χ4n) is 6.78. The first kappa shape index (κ1) is 29.2. The van der Waals surface area contributed by atoms with E-state index in [0.717, 1.165) is 34.6 Å². The van der Waals surface area contributed by atoms with E-state index in [-0.39, 0.29) is 6.61 Å². The number of aliphatic hydroxyl groups excluding tert-OH is 1. The highest BCUT2D eigenvalue weighted by Gasteiger charge is 2.76. The predicted molar refractivity (Wildman–Crippen MR) is 165 cm³/mol. The number of thioether (sulfide) groups is 2. The Labute approximate surface area is 251 Å². The van der Waals surface area contributed by atoms with Crippen molar-refractivity contribution in [1.29, 1.82) is 0 Å². The molecule has 1 N–H and O–H groups in total. The molecule has 3 fully saturated rings. The summed E-state index contributed by atoms with van der Waals surface area (Å²) in [6.07, 6.45) is -0.682. The van der Waals surface area contributed by atoms with Crippen molar-refractivity contribution in [2.24, 2.45) is 0 Å². The number of fused-ring (bicyclic) bond motifs is 2. The fraction of sp³-hybridized carbons (Fsp3) is 0.455. The summed E-state index contributed by atoms with van der Waals surface area (Å²) in [5.41, 5.74) is 3.15. The van der Waals surface area contributed by atoms with Gasteiger partial charge in [-0.2, -0.15) is 0 Å². The first-order valence-electron chi connectivity index (χ1n) is 14.5. The van der Waals surface area contributed by atoms with Gasteiger partial charge in [0.15, 0.2) is 0 Å². The number of hydroxylamine groups is 3. The van der Waals surface area contributed by atoms with Crippen molar-refractivity contribution >= 4 is 23.5 Å². The zero-order valence-corrected chi connectivity index (χ0v) is 25.1. The van der Waals surface area contributed by atoms with Crippen molar-refractivity contribution < 1.29 is 24.0 Å². The van der Waals surface area contributed by atoms with E-state index in [4.69, 9.17) is 14.2 Å². The number of benzene rings is 3. The molecule has 3 aromatic carbocycles. The van der Waals surface area contributed by atoms with E-state index >= 15 is 5.21 Å². The van der Waals surface area contributed by atoms with Gasteiger partial charge in [-0.1, -0.05) is 91.0 Å². The Bertz CT molecular complexity index is 1250. The molecule has 0 bridgehead atoms. The molecule has 41 heavy (non-hydrogen) atoms. The maximum absolute atomic E-state index is 15.4. The minimum absolute atomic E-state index is 0.224. The maximum Gasteiger partial charge on any atom is 0.148 e. The molecule has 0 aromatic heterocycles. The molecule has 218 valence electrons. The molecular formula is C33H39NO5S2. The van der Waals surface area contributed by atoms with Crippen LogP contribution in [0, 0.1) is 5.21 Å². The first-order valence-corrected chi connectivity index (χ1v) is 16.5. The van der Waals surface area contributed by atoms with E-state index in [1.54, 1.807) is 23.5 Å². The van der Waals surface area contributed by atoms with Gasteiger partial charge < -0.3 is 29.2 Å². The van der Waals surface area contributed by atoms with E-state index in [1.165, 1.54) is 0 Å². The third-order valence-electron chi connectivity index (χ3n) is 8.80. The van der Waals surface area contributed by atoms with Crippen LogP contribution in [0.5, 0.6) is 0 Å². The van der Waals surface area contributed by atoms with Crippen molar-refractivity contribution in [3.05, 3.63) is 113 Å². The van der Waals surface area contributed by atoms with Gasteiger partial charge >= 0.3 is 0 Å². The zero-order valence-electron chi connectivity index (χ0n) is 23.4. The average molecular weight is 594 g/mol. The monoisotopic (exact) mass is 593 g/mol. The lowest BCUT2D eigenvalue weighted by Crippen LogP contribution is -2.59. The summed E-state index contributed by atoms with van der Waals surface area (Å²) < 4.78 is 18.5. The second-order valence-electron chi connectivity index (χ2n) is 11.3. The SMILES string of the molecule is C[C@@H]1[C@@H](O)C2(SCCCS2)[C@H]2[C@H](OCc3ccccc3)[C@@H](OCc3ccccc3)[C@H](COCc3ccccc3)[N+]12[O-]. The largest absolute Gasteiger partial charge is 0.632 e. The molecule has 3 aromatic rings. The Morgan fingerprint density at radius 3 is 1.80 bits per heavy atom. The van der Waals surface area contributed by atoms with Crippen LogP contribution in [-0.4, -0.2) is 68.4 Å². The van der Waals surface area contributed by atoms with Gasteiger partial charge in [-0.3, -0.25) is 0 Å². The molecule has 0 aliphatic carbocycles. The normalized spacial score (nSPS) is 32.3. The molecule has 6 nitrogen and oxygen atoms in total. The van der Waals surface area contributed by atoms with Crippen LogP contribution in [0.25, 0.3) is 0 Å². The van der Waals surface area contributed by atoms with Crippen LogP contribution >= 0.6 is 23.5 Å². The van der Waals surface area contributed by atoms with E-state index in [0.29, 0.717) is 19.8 Å². The lowest BCUT2D eigenvalue weighted by Gasteiger charge is -2.50. The molecule has 0 saturated carbocycles. The van der Waals surface area contributed by atoms with E-state index in [2.05, 4.69) is 0 Å². The number of rotatable bonds is 10. The van der Waals surface area contributed by atoms with Gasteiger partial charge in [-0.25, -0.2) is 0 Å². The summed E-state index contributed by atoms with van der Waals surface area (Å²) in [7, 11) is 0. The summed E-state index contributed by atoms with van der Waals surface area (Å²) in [6.45, 7) is 3.30. The second-order valence-corrected chi connectivity index (χ2v) is 14.3. The van der Waals surface area contributed by atoms with Gasteiger partial charge in [0.05, 0.1) is 19.8 Å². The van der Waals surface area contributed by atoms with Crippen LogP contribution in [0.3, 0.4) is 0 Å². The maximum atomic E-state index is 15.4. The number of hydrogen-bond acceptors (Lipinski definition) is 7. The van der Waals surface area contributed by atoms with E-state index in [1.807, 2.05) is 97.9 Å². The number of quaternary nitrogens is 1. The molecule has 8 heteroatoms. The highest BCUT2D eigenvalue weighted by molar-refractivity contribution is 8.19. The minimum atomic E-state index is -0.755. The van der Waals surface area contributed by atoms with Crippen LogP contribution in [-0.2, 0) is 34.0 Å². The third kappa shape index (κ3) is 5.61. The summed E-state index contributed by atoms with van der Waals surface area (Å²) in [5, 5.41) is 27.2. The van der Waals surface area contributed by atoms with Gasteiger partial charge in [0.1, 0.15) is 47.1 Å². The average Bonchev–Trinajstić information content (AvgIpc) is 3.35. The van der Waals surface area contributed by atoms with Gasteiger partial charge in [0, 0.05) is 0 Å². The standard InChI is InChI=1S/C33H39NO5S2/c1-24-32(35)33(40-18-11-19-41-33)31-30(39-22-27-16-9-4-10-17-27)29(38-21-26-14-7-3-8-15-26)28(34(24,31)36)23-37-20-25-12-5-2-6-13-25/h2-10,12-17,24,28-32,35H,11,18-23H2,1H3/t24-,28+,29+,30-,31-,32-,34?/m1/s1. The van der Waals surface area contributed by atoms with Crippen LogP contribution in [0.4, 0.5) is 0 Å². The van der Waals surface area contributed by atoms with Crippen molar-refractivity contribution in [1.82, 2.24) is 0 Å². The molecule has 1 unspecified atom stereocenters. The van der Waals surface area contributed by atoms with Crippen molar-refractivity contribution in [2.75, 3.05) is 18.1 Å². The van der Waals surface area contributed by atoms with Gasteiger partial charge in [-0.05, 0) is 41.5 Å². The first-order chi connectivity index (χ1) is 20.0. The van der Waals surface area contributed by atoms with Crippen molar-refractivity contribution in [3.8, 4) is 0 Å². The Hall–Kier alpha value is -1.88. The van der Waals surface area contributed by atoms with Gasteiger partial charge in [0.2, 0.25) is 0 Å². The van der Waals surface area contributed by atoms with E-state index in [9.17, 15) is 5.11 Å². The van der Waals surface area contributed by atoms with Crippen LogP contribution in [0.2, 0.25) is 0 Å². The lowest BCUT2D eigenvalue weighted by atomic mass is 10.00. The molecule has 3 aliphatic heterocycles. The highest BCUT2D eigenvalue weighted by Crippen LogP contribution is 2.62. The molecular weight excluding hydrogens is 554 g/mol. The van der Waals surface area contributed by atoms with Crippen LogP contribution in [0.15, 0.2) is 91.0 Å². The Morgan fingerprint density at radius 1 is 0.780 bits per heavy atom. The topological polar surface area (TPSA) is 71.0 Å². The third-order valence-corrected chi connectivity index (χ3v) is 12.4. The number of hydrogen-bond donors (Lipinski definition) is 1. The van der Waals surface area contributed by atoms with Crippen molar-refractivity contribution in [3.63, 3.8) is 0 Å². The molecule has 3 heterocycles. The fourth-order valence-corrected chi connectivity index (χ4v) is 10.7. The van der Waals surface area contributed by atoms with Gasteiger partial charge in [0.25, 0.3) is 0 Å². The summed E-state index contributed by atoms with van der Waals surface area (Å²) >= 11 is 3.49. The number of aliphatic hydroxyl groups is 1. The smallest absolute Gasteiger partial charge is 0.148 e. The van der Waals surface area contributed by atoms with Crippen LogP contribution in [0.1, 0.15) is 30.0 Å². The molecule has 0 amide bonds. The highest BCUT2D eigenvalue weighted by atomic mass is 32.2.